The van der Waals surface area contributed by atoms with Crippen LogP contribution in [-0.2, 0) is 12.6 Å². The first kappa shape index (κ1) is 14.1. The minimum Gasteiger partial charge on any atom is -0.241 e. The van der Waals surface area contributed by atoms with Gasteiger partial charge in [0.25, 0.3) is 6.43 Å². The van der Waals surface area contributed by atoms with E-state index in [9.17, 15) is 22.0 Å². The number of rotatable bonds is 2. The zero-order chi connectivity index (χ0) is 13.2. The van der Waals surface area contributed by atoms with Crippen molar-refractivity contribution < 1.29 is 22.0 Å². The highest BCUT2D eigenvalue weighted by atomic mass is 127. The summed E-state index contributed by atoms with van der Waals surface area (Å²) in [6.07, 6.45) is -8.33. The lowest BCUT2D eigenvalue weighted by atomic mass is 10.1. The van der Waals surface area contributed by atoms with Crippen molar-refractivity contribution in [2.24, 2.45) is 0 Å². The minimum atomic E-state index is -4.79. The third-order valence-electron chi connectivity index (χ3n) is 1.83. The van der Waals surface area contributed by atoms with E-state index in [-0.39, 0.29) is 9.13 Å². The zero-order valence-corrected chi connectivity index (χ0v) is 10.2. The summed E-state index contributed by atoms with van der Waals surface area (Å²) in [5.41, 5.74) is -2.52. The molecule has 0 bridgehead atoms. The molecule has 0 N–H and O–H groups in total. The van der Waals surface area contributed by atoms with Crippen molar-refractivity contribution in [3.63, 3.8) is 0 Å². The molecule has 8 heteroatoms. The highest BCUT2D eigenvalue weighted by Gasteiger charge is 2.36. The van der Waals surface area contributed by atoms with Crippen molar-refractivity contribution in [1.82, 2.24) is 4.98 Å². The average Bonchev–Trinajstić information content (AvgIpc) is 2.15. The molecule has 0 amide bonds. The van der Waals surface area contributed by atoms with Gasteiger partial charge in [-0.2, -0.15) is 18.4 Å². The van der Waals surface area contributed by atoms with Gasteiger partial charge in [0.15, 0.2) is 5.69 Å². The quantitative estimate of drug-likeness (QED) is 0.594. The molecule has 17 heavy (non-hydrogen) atoms. The molecule has 0 fully saturated rings. The number of hydrogen-bond acceptors (Lipinski definition) is 2. The molecule has 0 saturated heterocycles. The van der Waals surface area contributed by atoms with Gasteiger partial charge in [-0.1, -0.05) is 0 Å². The van der Waals surface area contributed by atoms with Crippen LogP contribution in [0, 0.1) is 14.9 Å². The van der Waals surface area contributed by atoms with Gasteiger partial charge in [-0.05, 0) is 34.2 Å². The summed E-state index contributed by atoms with van der Waals surface area (Å²) >= 11 is 1.35. The average molecular weight is 362 g/mol. The van der Waals surface area contributed by atoms with E-state index in [0.29, 0.717) is 0 Å². The molecule has 1 heterocycles. The van der Waals surface area contributed by atoms with E-state index >= 15 is 0 Å². The molecule has 92 valence electrons. The Morgan fingerprint density at radius 3 is 2.41 bits per heavy atom. The molecule has 0 aliphatic heterocycles. The normalized spacial score (nSPS) is 11.6. The van der Waals surface area contributed by atoms with Crippen LogP contribution in [0.25, 0.3) is 0 Å². The predicted molar refractivity (Wildman–Crippen MR) is 56.2 cm³/mol. The van der Waals surface area contributed by atoms with Crippen molar-refractivity contribution in [1.29, 1.82) is 5.26 Å². The van der Waals surface area contributed by atoms with Crippen molar-refractivity contribution in [2.45, 2.75) is 19.0 Å². The fourth-order valence-corrected chi connectivity index (χ4v) is 1.96. The van der Waals surface area contributed by atoms with Crippen molar-refractivity contribution >= 4 is 22.6 Å². The van der Waals surface area contributed by atoms with Crippen LogP contribution in [0.5, 0.6) is 0 Å². The fraction of sp³-hybridized carbons (Fsp3) is 0.333. The van der Waals surface area contributed by atoms with Gasteiger partial charge in [0.1, 0.15) is 5.69 Å². The maximum atomic E-state index is 12.5. The maximum Gasteiger partial charge on any atom is 0.434 e. The Labute approximate surface area is 107 Å². The number of alkyl halides is 5. The summed E-state index contributed by atoms with van der Waals surface area (Å²) in [5.74, 6) is 0. The van der Waals surface area contributed by atoms with Crippen LogP contribution in [0.3, 0.4) is 0 Å². The Morgan fingerprint density at radius 1 is 1.41 bits per heavy atom. The van der Waals surface area contributed by atoms with Crippen LogP contribution in [0.2, 0.25) is 0 Å². The molecular weight excluding hydrogens is 358 g/mol. The Morgan fingerprint density at radius 2 is 2.00 bits per heavy atom. The molecule has 0 unspecified atom stereocenters. The van der Waals surface area contributed by atoms with Crippen LogP contribution in [0.4, 0.5) is 22.0 Å². The van der Waals surface area contributed by atoms with E-state index in [2.05, 4.69) is 4.98 Å². The Kier molecular flexibility index (Phi) is 4.24. The number of nitrogens with zero attached hydrogens (tertiary/aromatic N) is 2. The van der Waals surface area contributed by atoms with Crippen LogP contribution in [0.15, 0.2) is 6.07 Å². The molecule has 0 aliphatic rings. The highest BCUT2D eigenvalue weighted by Crippen LogP contribution is 2.34. The van der Waals surface area contributed by atoms with Crippen LogP contribution in [0.1, 0.15) is 23.4 Å². The van der Waals surface area contributed by atoms with Gasteiger partial charge >= 0.3 is 6.18 Å². The summed E-state index contributed by atoms with van der Waals surface area (Å²) in [6, 6.07) is 2.52. The SMILES string of the molecule is N#CCc1cc(I)c(C(F)(F)F)nc1C(F)F. The molecule has 0 atom stereocenters. The smallest absolute Gasteiger partial charge is 0.241 e. The summed E-state index contributed by atoms with van der Waals surface area (Å²) in [7, 11) is 0. The summed E-state index contributed by atoms with van der Waals surface area (Å²) in [5, 5.41) is 8.40. The Hall–Kier alpha value is -0.980. The number of hydrogen-bond donors (Lipinski definition) is 0. The second-order valence-corrected chi connectivity index (χ2v) is 4.16. The Balaban J connectivity index is 3.41. The number of halogens is 6. The van der Waals surface area contributed by atoms with Gasteiger partial charge in [0.05, 0.1) is 12.5 Å². The van der Waals surface area contributed by atoms with Gasteiger partial charge in [-0.15, -0.1) is 0 Å². The van der Waals surface area contributed by atoms with E-state index in [0.717, 1.165) is 6.07 Å². The minimum absolute atomic E-state index is 0.181. The summed E-state index contributed by atoms with van der Waals surface area (Å²) < 4.78 is 62.0. The van der Waals surface area contributed by atoms with Gasteiger partial charge in [0, 0.05) is 3.57 Å². The molecule has 0 radical (unpaired) electrons. The highest BCUT2D eigenvalue weighted by molar-refractivity contribution is 14.1. The van der Waals surface area contributed by atoms with Crippen molar-refractivity contribution in [3.05, 3.63) is 26.6 Å². The second-order valence-electron chi connectivity index (χ2n) is 3.00. The van der Waals surface area contributed by atoms with Gasteiger partial charge in [0.2, 0.25) is 0 Å². The largest absolute Gasteiger partial charge is 0.434 e. The lowest BCUT2D eigenvalue weighted by molar-refractivity contribution is -0.142. The predicted octanol–water partition coefficient (Wildman–Crippen LogP) is 3.71. The lowest BCUT2D eigenvalue weighted by Crippen LogP contribution is -2.14. The molecule has 1 rings (SSSR count). The number of pyridine rings is 1. The summed E-state index contributed by atoms with van der Waals surface area (Å²) in [4.78, 5) is 2.93. The molecule has 0 saturated carbocycles. The zero-order valence-electron chi connectivity index (χ0n) is 8.02. The van der Waals surface area contributed by atoms with E-state index in [1.807, 2.05) is 0 Å². The number of aromatic nitrogens is 1. The molecule has 0 spiro atoms. The van der Waals surface area contributed by atoms with Crippen molar-refractivity contribution in [3.8, 4) is 6.07 Å². The molecule has 1 aromatic heterocycles. The Bertz CT molecular complexity index is 464. The first-order chi connectivity index (χ1) is 7.77. The second kappa shape index (κ2) is 5.12. The van der Waals surface area contributed by atoms with Crippen molar-refractivity contribution in [2.75, 3.05) is 0 Å². The van der Waals surface area contributed by atoms with Crippen LogP contribution >= 0.6 is 22.6 Å². The van der Waals surface area contributed by atoms with Crippen LogP contribution < -0.4 is 0 Å². The molecule has 0 aromatic carbocycles. The fourth-order valence-electron chi connectivity index (χ4n) is 1.16. The third kappa shape index (κ3) is 3.24. The third-order valence-corrected chi connectivity index (χ3v) is 2.66. The first-order valence-electron chi connectivity index (χ1n) is 4.19. The van der Waals surface area contributed by atoms with Gasteiger partial charge < -0.3 is 0 Å². The van der Waals surface area contributed by atoms with Gasteiger partial charge in [-0.25, -0.2) is 13.8 Å². The molecule has 1 aromatic rings. The molecule has 0 aliphatic carbocycles. The number of nitriles is 1. The summed E-state index contributed by atoms with van der Waals surface area (Å²) in [6.45, 7) is 0. The standard InChI is InChI=1S/C9H4F5IN2/c10-8(11)6-4(1-2-16)3-5(15)7(17-6)9(12,13)14/h3,8H,1H2. The monoisotopic (exact) mass is 362 g/mol. The first-order valence-corrected chi connectivity index (χ1v) is 5.27. The van der Waals surface area contributed by atoms with E-state index in [1.165, 1.54) is 22.6 Å². The van der Waals surface area contributed by atoms with Gasteiger partial charge in [-0.3, -0.25) is 0 Å². The lowest BCUT2D eigenvalue weighted by Gasteiger charge is -2.12. The molecule has 2 nitrogen and oxygen atoms in total. The van der Waals surface area contributed by atoms with Crippen LogP contribution in [-0.4, -0.2) is 4.98 Å². The topological polar surface area (TPSA) is 36.7 Å². The molecular formula is C9H4F5IN2. The van der Waals surface area contributed by atoms with E-state index < -0.39 is 30.4 Å². The maximum absolute atomic E-state index is 12.5. The van der Waals surface area contributed by atoms with E-state index in [1.54, 1.807) is 6.07 Å². The van der Waals surface area contributed by atoms with E-state index in [4.69, 9.17) is 5.26 Å².